The van der Waals surface area contributed by atoms with E-state index in [0.29, 0.717) is 12.1 Å². The van der Waals surface area contributed by atoms with Crippen LogP contribution < -0.4 is 0 Å². The molecule has 0 aromatic carbocycles. The van der Waals surface area contributed by atoms with E-state index in [4.69, 9.17) is 9.47 Å². The van der Waals surface area contributed by atoms with Gasteiger partial charge in [0.2, 0.25) is 0 Å². The lowest BCUT2D eigenvalue weighted by Crippen LogP contribution is -2.38. The molecule has 1 aromatic rings. The zero-order valence-corrected chi connectivity index (χ0v) is 15.1. The number of fused-ring (bicyclic) bond motifs is 1. The average molecular weight is 345 g/mol. The molecule has 3 heterocycles. The van der Waals surface area contributed by atoms with Crippen LogP contribution in [0.1, 0.15) is 44.6 Å². The number of nitrogens with zero attached hydrogens (tertiary/aromatic N) is 3. The highest BCUT2D eigenvalue weighted by molar-refractivity contribution is 4.98. The van der Waals surface area contributed by atoms with Crippen molar-refractivity contribution in [1.82, 2.24) is 14.7 Å². The van der Waals surface area contributed by atoms with Gasteiger partial charge in [0, 0.05) is 51.3 Å². The fraction of sp³-hybridized carbons (Fsp3) is 0.850. The van der Waals surface area contributed by atoms with Crippen LogP contribution in [0.15, 0.2) is 18.5 Å². The molecule has 0 bridgehead atoms. The molecule has 5 nitrogen and oxygen atoms in total. The summed E-state index contributed by atoms with van der Waals surface area (Å²) in [7, 11) is 0. The van der Waals surface area contributed by atoms with E-state index in [9.17, 15) is 0 Å². The van der Waals surface area contributed by atoms with Crippen LogP contribution in [0.4, 0.5) is 0 Å². The summed E-state index contributed by atoms with van der Waals surface area (Å²) in [4.78, 5) is 2.77. The van der Waals surface area contributed by atoms with E-state index in [1.54, 1.807) is 0 Å². The van der Waals surface area contributed by atoms with Crippen molar-refractivity contribution in [3.8, 4) is 0 Å². The summed E-state index contributed by atoms with van der Waals surface area (Å²) >= 11 is 0. The van der Waals surface area contributed by atoms with Crippen LogP contribution in [0.2, 0.25) is 0 Å². The third-order valence-corrected chi connectivity index (χ3v) is 6.93. The fourth-order valence-electron chi connectivity index (χ4n) is 5.25. The van der Waals surface area contributed by atoms with E-state index in [2.05, 4.69) is 20.9 Å². The number of hydrogen-bond donors (Lipinski definition) is 0. The first-order chi connectivity index (χ1) is 12.4. The second-order valence-electron chi connectivity index (χ2n) is 8.66. The normalized spacial score (nSPS) is 37.3. The third kappa shape index (κ3) is 3.51. The minimum Gasteiger partial charge on any atom is -0.381 e. The molecule has 4 atom stereocenters. The lowest BCUT2D eigenvalue weighted by Gasteiger charge is -2.38. The largest absolute Gasteiger partial charge is 0.381 e. The minimum atomic E-state index is 0.344. The molecule has 0 N–H and O–H groups in total. The molecule has 4 fully saturated rings. The van der Waals surface area contributed by atoms with Crippen molar-refractivity contribution in [3.63, 3.8) is 0 Å². The summed E-state index contributed by atoms with van der Waals surface area (Å²) in [5, 5.41) is 4.56. The van der Waals surface area contributed by atoms with Crippen LogP contribution in [0.5, 0.6) is 0 Å². The molecule has 25 heavy (non-hydrogen) atoms. The second kappa shape index (κ2) is 7.01. The highest BCUT2D eigenvalue weighted by Crippen LogP contribution is 2.44. The van der Waals surface area contributed by atoms with Crippen molar-refractivity contribution in [2.75, 3.05) is 32.9 Å². The van der Waals surface area contributed by atoms with E-state index >= 15 is 0 Å². The Kier molecular flexibility index (Phi) is 4.56. The van der Waals surface area contributed by atoms with Crippen LogP contribution in [0.25, 0.3) is 0 Å². The molecule has 2 aliphatic carbocycles. The summed E-state index contributed by atoms with van der Waals surface area (Å²) < 4.78 is 14.2. The standard InChI is InChI=1S/C20H31N3O2/c1-6-21-23(7-1)19-10-16-12-22(18-4-8-24-9-5-18)13-17(16)11-20(19)25-14-15-2-3-15/h1,6-7,15-20H,2-5,8-14H2/t16-,17+,19-,20-/m0/s1. The van der Waals surface area contributed by atoms with E-state index in [1.807, 2.05) is 12.3 Å². The van der Waals surface area contributed by atoms with Gasteiger partial charge in [-0.15, -0.1) is 0 Å². The van der Waals surface area contributed by atoms with Gasteiger partial charge in [-0.2, -0.15) is 5.10 Å². The number of likely N-dealkylation sites (tertiary alicyclic amines) is 1. The first-order valence-electron chi connectivity index (χ1n) is 10.3. The quantitative estimate of drug-likeness (QED) is 0.823. The Labute approximate surface area is 150 Å². The fourth-order valence-corrected chi connectivity index (χ4v) is 5.25. The summed E-state index contributed by atoms with van der Waals surface area (Å²) in [5.74, 6) is 2.44. The molecule has 138 valence electrons. The molecule has 2 saturated heterocycles. The number of aromatic nitrogens is 2. The topological polar surface area (TPSA) is 39.5 Å². The van der Waals surface area contributed by atoms with Crippen molar-refractivity contribution in [2.45, 2.75) is 56.7 Å². The van der Waals surface area contributed by atoms with Crippen LogP contribution in [0, 0.1) is 17.8 Å². The predicted molar refractivity (Wildman–Crippen MR) is 95.4 cm³/mol. The summed E-state index contributed by atoms with van der Waals surface area (Å²) in [6.07, 6.45) is 12.0. The molecular weight excluding hydrogens is 314 g/mol. The molecule has 1 aromatic heterocycles. The Morgan fingerprint density at radius 2 is 1.84 bits per heavy atom. The third-order valence-electron chi connectivity index (χ3n) is 6.93. The summed E-state index contributed by atoms with van der Waals surface area (Å²) in [5.41, 5.74) is 0. The lowest BCUT2D eigenvalue weighted by molar-refractivity contribution is -0.0371. The van der Waals surface area contributed by atoms with Crippen LogP contribution in [-0.2, 0) is 9.47 Å². The summed E-state index contributed by atoms with van der Waals surface area (Å²) in [6, 6.07) is 3.21. The number of hydrogen-bond acceptors (Lipinski definition) is 4. The summed E-state index contributed by atoms with van der Waals surface area (Å²) in [6.45, 7) is 5.38. The zero-order chi connectivity index (χ0) is 16.6. The maximum Gasteiger partial charge on any atom is 0.0802 e. The maximum absolute atomic E-state index is 6.43. The molecular formula is C20H31N3O2. The highest BCUT2D eigenvalue weighted by atomic mass is 16.5. The van der Waals surface area contributed by atoms with Gasteiger partial charge in [-0.3, -0.25) is 9.58 Å². The lowest BCUT2D eigenvalue weighted by atomic mass is 9.77. The Balaban J connectivity index is 1.28. The molecule has 5 heteroatoms. The van der Waals surface area contributed by atoms with Gasteiger partial charge in [-0.25, -0.2) is 0 Å². The Bertz CT molecular complexity index is 553. The van der Waals surface area contributed by atoms with Crippen LogP contribution in [0.3, 0.4) is 0 Å². The zero-order valence-electron chi connectivity index (χ0n) is 15.1. The SMILES string of the molecule is c1cnn([C@H]2C[C@H]3CN(C4CCOCC4)C[C@H]3C[C@@H]2OCC2CC2)c1. The van der Waals surface area contributed by atoms with Gasteiger partial charge in [0.1, 0.15) is 0 Å². The van der Waals surface area contributed by atoms with Gasteiger partial charge in [0.05, 0.1) is 12.1 Å². The molecule has 0 spiro atoms. The van der Waals surface area contributed by atoms with E-state index in [1.165, 1.54) is 51.6 Å². The Morgan fingerprint density at radius 3 is 2.56 bits per heavy atom. The monoisotopic (exact) mass is 345 g/mol. The molecule has 2 aliphatic heterocycles. The van der Waals surface area contributed by atoms with E-state index in [0.717, 1.165) is 43.6 Å². The molecule has 5 rings (SSSR count). The second-order valence-corrected chi connectivity index (χ2v) is 8.66. The van der Waals surface area contributed by atoms with Crippen molar-refractivity contribution < 1.29 is 9.47 Å². The van der Waals surface area contributed by atoms with Crippen molar-refractivity contribution in [1.29, 1.82) is 0 Å². The first kappa shape index (κ1) is 16.3. The van der Waals surface area contributed by atoms with Gasteiger partial charge in [0.25, 0.3) is 0 Å². The number of rotatable bonds is 5. The van der Waals surface area contributed by atoms with Crippen LogP contribution >= 0.6 is 0 Å². The van der Waals surface area contributed by atoms with Gasteiger partial charge in [-0.1, -0.05) is 0 Å². The van der Waals surface area contributed by atoms with Gasteiger partial charge >= 0.3 is 0 Å². The molecule has 2 saturated carbocycles. The minimum absolute atomic E-state index is 0.344. The number of ether oxygens (including phenoxy) is 2. The molecule has 0 radical (unpaired) electrons. The Hall–Kier alpha value is -0.910. The van der Waals surface area contributed by atoms with Crippen LogP contribution in [-0.4, -0.2) is 59.7 Å². The van der Waals surface area contributed by atoms with Gasteiger partial charge in [0.15, 0.2) is 0 Å². The molecule has 0 unspecified atom stereocenters. The van der Waals surface area contributed by atoms with Crippen molar-refractivity contribution in [3.05, 3.63) is 18.5 Å². The van der Waals surface area contributed by atoms with Gasteiger partial charge in [-0.05, 0) is 62.3 Å². The highest BCUT2D eigenvalue weighted by Gasteiger charge is 2.45. The Morgan fingerprint density at radius 1 is 1.04 bits per heavy atom. The predicted octanol–water partition coefficient (Wildman–Crippen LogP) is 2.74. The van der Waals surface area contributed by atoms with E-state index in [-0.39, 0.29) is 0 Å². The van der Waals surface area contributed by atoms with Crippen molar-refractivity contribution in [2.24, 2.45) is 17.8 Å². The van der Waals surface area contributed by atoms with Crippen molar-refractivity contribution >= 4 is 0 Å². The molecule has 4 aliphatic rings. The van der Waals surface area contributed by atoms with Gasteiger partial charge < -0.3 is 9.47 Å². The maximum atomic E-state index is 6.43. The smallest absolute Gasteiger partial charge is 0.0802 e. The van der Waals surface area contributed by atoms with E-state index < -0.39 is 0 Å². The first-order valence-corrected chi connectivity index (χ1v) is 10.3. The average Bonchev–Trinajstić information content (AvgIpc) is 3.15. The molecule has 0 amide bonds.